The van der Waals surface area contributed by atoms with Crippen LogP contribution in [0.15, 0.2) is 24.3 Å². The molecule has 1 N–H and O–H groups in total. The molecule has 3 nitrogen and oxygen atoms in total. The lowest BCUT2D eigenvalue weighted by atomic mass is 10.0. The summed E-state index contributed by atoms with van der Waals surface area (Å²) in [6, 6.07) is 8.58. The van der Waals surface area contributed by atoms with E-state index in [2.05, 4.69) is 53.4 Å². The molecule has 0 amide bonds. The molecule has 1 unspecified atom stereocenters. The topological polar surface area (TPSA) is 37.8 Å². The van der Waals surface area contributed by atoms with Gasteiger partial charge in [-0.1, -0.05) is 35.9 Å². The smallest absolute Gasteiger partial charge is 0.137 e. The fourth-order valence-electron chi connectivity index (χ4n) is 2.53. The molecule has 1 heterocycles. The van der Waals surface area contributed by atoms with Crippen molar-refractivity contribution in [1.82, 2.24) is 9.97 Å². The third kappa shape index (κ3) is 3.03. The van der Waals surface area contributed by atoms with Crippen LogP contribution in [-0.2, 0) is 0 Å². The van der Waals surface area contributed by atoms with Crippen molar-refractivity contribution in [2.75, 3.05) is 5.32 Å². The molecule has 110 valence electrons. The van der Waals surface area contributed by atoms with Gasteiger partial charge >= 0.3 is 0 Å². The molecule has 3 rings (SSSR count). The maximum atomic E-state index is 6.26. The van der Waals surface area contributed by atoms with Crippen LogP contribution in [0.2, 0.25) is 5.15 Å². The molecule has 21 heavy (non-hydrogen) atoms. The van der Waals surface area contributed by atoms with E-state index in [0.29, 0.717) is 11.1 Å². The summed E-state index contributed by atoms with van der Waals surface area (Å²) < 4.78 is 0. The second-order valence-electron chi connectivity index (χ2n) is 5.84. The van der Waals surface area contributed by atoms with Crippen molar-refractivity contribution in [2.45, 2.75) is 45.6 Å². The van der Waals surface area contributed by atoms with Crippen molar-refractivity contribution in [3.8, 4) is 0 Å². The molecule has 1 atom stereocenters. The Morgan fingerprint density at radius 2 is 1.90 bits per heavy atom. The molecule has 2 aromatic rings. The van der Waals surface area contributed by atoms with E-state index in [-0.39, 0.29) is 6.04 Å². The van der Waals surface area contributed by atoms with Crippen LogP contribution in [0.3, 0.4) is 0 Å². The molecular formula is C17H20ClN3. The zero-order valence-electron chi connectivity index (χ0n) is 12.7. The van der Waals surface area contributed by atoms with Gasteiger partial charge in [-0.3, -0.25) is 0 Å². The van der Waals surface area contributed by atoms with Gasteiger partial charge < -0.3 is 5.32 Å². The van der Waals surface area contributed by atoms with Gasteiger partial charge in [0.05, 0.1) is 6.04 Å². The molecule has 1 aliphatic rings. The number of hydrogen-bond acceptors (Lipinski definition) is 3. The number of hydrogen-bond donors (Lipinski definition) is 1. The summed E-state index contributed by atoms with van der Waals surface area (Å²) >= 11 is 6.26. The van der Waals surface area contributed by atoms with E-state index >= 15 is 0 Å². The predicted octanol–water partition coefficient (Wildman–Crippen LogP) is 4.80. The number of halogens is 1. The van der Waals surface area contributed by atoms with E-state index < -0.39 is 0 Å². The monoisotopic (exact) mass is 301 g/mol. The zero-order chi connectivity index (χ0) is 15.0. The van der Waals surface area contributed by atoms with Crippen LogP contribution < -0.4 is 5.32 Å². The van der Waals surface area contributed by atoms with E-state index in [4.69, 9.17) is 11.6 Å². The standard InChI is InChI=1S/C17H20ClN3/c1-10-6-4-5-7-14(10)12(3)19-16-11(2)15(18)20-17(21-16)13-8-9-13/h4-7,12-13H,8-9H2,1-3H3,(H,19,20,21). The summed E-state index contributed by atoms with van der Waals surface area (Å²) in [4.78, 5) is 9.09. The molecule has 1 aliphatic carbocycles. The van der Waals surface area contributed by atoms with Crippen molar-refractivity contribution in [3.05, 3.63) is 51.9 Å². The largest absolute Gasteiger partial charge is 0.363 e. The second kappa shape index (κ2) is 5.64. The van der Waals surface area contributed by atoms with E-state index in [1.54, 1.807) is 0 Å². The Balaban J connectivity index is 1.89. The number of rotatable bonds is 4. The molecular weight excluding hydrogens is 282 g/mol. The lowest BCUT2D eigenvalue weighted by molar-refractivity contribution is 0.842. The van der Waals surface area contributed by atoms with E-state index in [0.717, 1.165) is 17.2 Å². The summed E-state index contributed by atoms with van der Waals surface area (Å²) in [5.74, 6) is 2.23. The minimum Gasteiger partial charge on any atom is -0.363 e. The van der Waals surface area contributed by atoms with Gasteiger partial charge in [0.25, 0.3) is 0 Å². The van der Waals surface area contributed by atoms with E-state index in [1.165, 1.54) is 24.0 Å². The summed E-state index contributed by atoms with van der Waals surface area (Å²) in [7, 11) is 0. The summed E-state index contributed by atoms with van der Waals surface area (Å²) in [5, 5.41) is 4.06. The van der Waals surface area contributed by atoms with Crippen LogP contribution in [0.1, 0.15) is 54.2 Å². The molecule has 1 fully saturated rings. The Morgan fingerprint density at radius 3 is 2.57 bits per heavy atom. The Hall–Kier alpha value is -1.61. The highest BCUT2D eigenvalue weighted by Gasteiger charge is 2.28. The average molecular weight is 302 g/mol. The number of aryl methyl sites for hydroxylation is 1. The number of nitrogens with zero attached hydrogens (tertiary/aromatic N) is 2. The highest BCUT2D eigenvalue weighted by molar-refractivity contribution is 6.30. The molecule has 0 spiro atoms. The first-order chi connectivity index (χ1) is 10.1. The van der Waals surface area contributed by atoms with Gasteiger partial charge in [0.1, 0.15) is 16.8 Å². The first-order valence-corrected chi connectivity index (χ1v) is 7.80. The highest BCUT2D eigenvalue weighted by Crippen LogP contribution is 2.39. The molecule has 0 aliphatic heterocycles. The molecule has 4 heteroatoms. The molecule has 1 saturated carbocycles. The molecule has 1 aromatic carbocycles. The second-order valence-corrected chi connectivity index (χ2v) is 6.20. The third-order valence-electron chi connectivity index (χ3n) is 4.05. The molecule has 0 radical (unpaired) electrons. The summed E-state index contributed by atoms with van der Waals surface area (Å²) in [6.45, 7) is 6.24. The predicted molar refractivity (Wildman–Crippen MR) is 87.0 cm³/mol. The Labute approximate surface area is 130 Å². The normalized spacial score (nSPS) is 15.8. The summed E-state index contributed by atoms with van der Waals surface area (Å²) in [6.07, 6.45) is 2.35. The van der Waals surface area contributed by atoms with Crippen LogP contribution in [-0.4, -0.2) is 9.97 Å². The quantitative estimate of drug-likeness (QED) is 0.824. The van der Waals surface area contributed by atoms with Crippen LogP contribution in [0.4, 0.5) is 5.82 Å². The van der Waals surface area contributed by atoms with E-state index in [9.17, 15) is 0 Å². The van der Waals surface area contributed by atoms with Crippen molar-refractivity contribution in [3.63, 3.8) is 0 Å². The maximum absolute atomic E-state index is 6.26. The lowest BCUT2D eigenvalue weighted by Gasteiger charge is -2.19. The summed E-state index contributed by atoms with van der Waals surface area (Å²) in [5.41, 5.74) is 3.47. The van der Waals surface area contributed by atoms with Gasteiger partial charge in [-0.25, -0.2) is 9.97 Å². The SMILES string of the molecule is Cc1ccccc1C(C)Nc1nc(C2CC2)nc(Cl)c1C. The van der Waals surface area contributed by atoms with Gasteiger partial charge in [-0.2, -0.15) is 0 Å². The van der Waals surface area contributed by atoms with Crippen LogP contribution >= 0.6 is 11.6 Å². The van der Waals surface area contributed by atoms with Gasteiger partial charge in [0, 0.05) is 11.5 Å². The number of nitrogens with one attached hydrogen (secondary N) is 1. The van der Waals surface area contributed by atoms with Crippen molar-refractivity contribution in [2.24, 2.45) is 0 Å². The number of aromatic nitrogens is 2. The van der Waals surface area contributed by atoms with Gasteiger partial charge in [0.15, 0.2) is 0 Å². The van der Waals surface area contributed by atoms with Crippen molar-refractivity contribution < 1.29 is 0 Å². The molecule has 1 aromatic heterocycles. The Morgan fingerprint density at radius 1 is 1.19 bits per heavy atom. The van der Waals surface area contributed by atoms with Crippen LogP contribution in [0, 0.1) is 13.8 Å². The zero-order valence-corrected chi connectivity index (χ0v) is 13.4. The minimum atomic E-state index is 0.183. The molecule has 0 bridgehead atoms. The highest BCUT2D eigenvalue weighted by atomic mass is 35.5. The maximum Gasteiger partial charge on any atom is 0.137 e. The first-order valence-electron chi connectivity index (χ1n) is 7.42. The minimum absolute atomic E-state index is 0.183. The lowest BCUT2D eigenvalue weighted by Crippen LogP contribution is -2.12. The van der Waals surface area contributed by atoms with Gasteiger partial charge in [-0.05, 0) is 44.7 Å². The third-order valence-corrected chi connectivity index (χ3v) is 4.42. The molecule has 0 saturated heterocycles. The van der Waals surface area contributed by atoms with Crippen molar-refractivity contribution in [1.29, 1.82) is 0 Å². The number of anilines is 1. The van der Waals surface area contributed by atoms with Gasteiger partial charge in [-0.15, -0.1) is 0 Å². The van der Waals surface area contributed by atoms with Crippen LogP contribution in [0.5, 0.6) is 0 Å². The number of benzene rings is 1. The first kappa shape index (κ1) is 14.3. The van der Waals surface area contributed by atoms with Gasteiger partial charge in [0.2, 0.25) is 0 Å². The van der Waals surface area contributed by atoms with Crippen LogP contribution in [0.25, 0.3) is 0 Å². The average Bonchev–Trinajstić information content (AvgIpc) is 3.28. The Kier molecular flexibility index (Phi) is 3.85. The fraction of sp³-hybridized carbons (Fsp3) is 0.412. The van der Waals surface area contributed by atoms with Crippen molar-refractivity contribution >= 4 is 17.4 Å². The van der Waals surface area contributed by atoms with E-state index in [1.807, 2.05) is 6.92 Å². The Bertz CT molecular complexity index is 665. The fourth-order valence-corrected chi connectivity index (χ4v) is 2.70.